The maximum atomic E-state index is 12.9. The maximum Gasteiger partial charge on any atom is 0.338 e. The number of aromatic nitrogens is 5. The molecule has 1 aliphatic carbocycles. The van der Waals surface area contributed by atoms with Crippen molar-refractivity contribution < 1.29 is 28.0 Å². The molecule has 2 aromatic heterocycles. The van der Waals surface area contributed by atoms with Gasteiger partial charge in [-0.2, -0.15) is 15.0 Å². The molecule has 1 fully saturated rings. The summed E-state index contributed by atoms with van der Waals surface area (Å²) in [6, 6.07) is 4.31. The summed E-state index contributed by atoms with van der Waals surface area (Å²) in [6.45, 7) is 0.617. The van der Waals surface area contributed by atoms with Gasteiger partial charge in [-0.15, -0.1) is 10.2 Å². The number of carbonyl (C=O) groups excluding carboxylic acids is 3. The normalized spacial score (nSPS) is 14.2. The van der Waals surface area contributed by atoms with E-state index in [9.17, 15) is 14.4 Å². The van der Waals surface area contributed by atoms with Crippen molar-refractivity contribution in [2.75, 3.05) is 24.7 Å². The van der Waals surface area contributed by atoms with Gasteiger partial charge in [0.15, 0.2) is 17.3 Å². The highest BCUT2D eigenvalue weighted by molar-refractivity contribution is 6.01. The average Bonchev–Trinajstić information content (AvgIpc) is 3.62. The van der Waals surface area contributed by atoms with Crippen molar-refractivity contribution in [1.29, 1.82) is 0 Å². The highest BCUT2D eigenvalue weighted by atomic mass is 16.5. The Kier molecular flexibility index (Phi) is 6.22. The molecule has 2 amide bonds. The molecular formula is C24H28N8O5. The van der Waals surface area contributed by atoms with E-state index in [1.807, 2.05) is 5.32 Å². The van der Waals surface area contributed by atoms with Gasteiger partial charge < -0.3 is 25.4 Å². The molecule has 3 aromatic rings. The van der Waals surface area contributed by atoms with Crippen molar-refractivity contribution in [3.8, 4) is 17.0 Å². The Morgan fingerprint density at radius 1 is 1.16 bits per heavy atom. The number of carbonyl (C=O) groups is 3. The van der Waals surface area contributed by atoms with Gasteiger partial charge in [-0.05, 0) is 38.8 Å². The van der Waals surface area contributed by atoms with Crippen LogP contribution in [-0.4, -0.2) is 63.2 Å². The van der Waals surface area contributed by atoms with Gasteiger partial charge in [-0.1, -0.05) is 0 Å². The van der Waals surface area contributed by atoms with E-state index in [0.29, 0.717) is 11.3 Å². The number of methoxy groups -OCH3 is 1. The number of benzene rings is 1. The van der Waals surface area contributed by atoms with Gasteiger partial charge in [0.25, 0.3) is 5.91 Å². The Morgan fingerprint density at radius 3 is 2.57 bits per heavy atom. The van der Waals surface area contributed by atoms with Crippen LogP contribution in [0.2, 0.25) is 0 Å². The predicted molar refractivity (Wildman–Crippen MR) is 134 cm³/mol. The van der Waals surface area contributed by atoms with E-state index in [-0.39, 0.29) is 46.0 Å². The molecule has 0 saturated heterocycles. The van der Waals surface area contributed by atoms with Crippen molar-refractivity contribution in [1.82, 2.24) is 30.5 Å². The first kappa shape index (κ1) is 21.7. The third-order valence-corrected chi connectivity index (χ3v) is 5.34. The van der Waals surface area contributed by atoms with Crippen LogP contribution in [0.4, 0.5) is 17.2 Å². The molecule has 0 radical (unpaired) electrons. The largest absolute Gasteiger partial charge is 0.494 e. The van der Waals surface area contributed by atoms with Crippen molar-refractivity contribution in [3.63, 3.8) is 0 Å². The number of rotatable bonds is 9. The predicted octanol–water partition coefficient (Wildman–Crippen LogP) is 2.30. The molecule has 194 valence electrons. The van der Waals surface area contributed by atoms with E-state index >= 15 is 0 Å². The zero-order chi connectivity index (χ0) is 29.2. The lowest BCUT2D eigenvalue weighted by Crippen LogP contribution is -2.22. The zero-order valence-corrected chi connectivity index (χ0v) is 20.7. The second-order valence-electron chi connectivity index (χ2n) is 8.61. The van der Waals surface area contributed by atoms with Crippen LogP contribution in [0.1, 0.15) is 51.6 Å². The van der Waals surface area contributed by atoms with Crippen LogP contribution < -0.4 is 20.7 Å². The number of amides is 2. The van der Waals surface area contributed by atoms with E-state index in [1.54, 1.807) is 20.9 Å². The van der Waals surface area contributed by atoms with Crippen LogP contribution in [0.15, 0.2) is 24.4 Å². The van der Waals surface area contributed by atoms with E-state index in [4.69, 9.17) is 13.6 Å². The fourth-order valence-electron chi connectivity index (χ4n) is 3.49. The lowest BCUT2D eigenvalue weighted by molar-refractivity contribution is -0.117. The molecule has 1 aromatic carbocycles. The highest BCUT2D eigenvalue weighted by Crippen LogP contribution is 2.39. The summed E-state index contributed by atoms with van der Waals surface area (Å²) < 4.78 is 33.2. The molecular weight excluding hydrogens is 480 g/mol. The molecule has 4 rings (SSSR count). The van der Waals surface area contributed by atoms with Crippen molar-refractivity contribution in [2.24, 2.45) is 13.0 Å². The molecule has 0 aliphatic heterocycles. The Hall–Kier alpha value is -4.55. The van der Waals surface area contributed by atoms with Gasteiger partial charge in [0, 0.05) is 35.7 Å². The van der Waals surface area contributed by atoms with Crippen LogP contribution in [0.3, 0.4) is 0 Å². The SMILES string of the molecule is [2H]C([2H])([2H])NC(=O)c1nnc(NC(=O)C2CC2)cc1Nc1cc(C(=O)OC(C)C)cc(-c2cnn(C)n2)c1OC. The first-order chi connectivity index (χ1) is 18.8. The molecule has 1 aliphatic rings. The third-order valence-electron chi connectivity index (χ3n) is 5.34. The Balaban J connectivity index is 1.83. The van der Waals surface area contributed by atoms with Crippen LogP contribution >= 0.6 is 0 Å². The fraction of sp³-hybridized carbons (Fsp3) is 0.375. The van der Waals surface area contributed by atoms with Gasteiger partial charge in [0.05, 0.1) is 36.3 Å². The summed E-state index contributed by atoms with van der Waals surface area (Å²) in [7, 11) is 3.03. The van der Waals surface area contributed by atoms with Gasteiger partial charge in [-0.25, -0.2) is 4.79 Å². The number of aryl methyl sites for hydroxylation is 1. The average molecular weight is 512 g/mol. The summed E-state index contributed by atoms with van der Waals surface area (Å²) >= 11 is 0. The number of ether oxygens (including phenoxy) is 2. The highest BCUT2D eigenvalue weighted by Gasteiger charge is 2.30. The second-order valence-corrected chi connectivity index (χ2v) is 8.61. The quantitative estimate of drug-likeness (QED) is 0.363. The summed E-state index contributed by atoms with van der Waals surface area (Å²) in [5.41, 5.74) is 0.702. The number of anilines is 3. The number of nitrogens with one attached hydrogen (secondary N) is 3. The van der Waals surface area contributed by atoms with Crippen LogP contribution in [0.25, 0.3) is 11.3 Å². The first-order valence-electron chi connectivity index (χ1n) is 12.9. The Bertz CT molecular complexity index is 1450. The smallest absolute Gasteiger partial charge is 0.338 e. The molecule has 13 heteroatoms. The maximum absolute atomic E-state index is 12.9. The third kappa shape index (κ3) is 5.82. The fourth-order valence-corrected chi connectivity index (χ4v) is 3.49. The van der Waals surface area contributed by atoms with Crippen molar-refractivity contribution in [3.05, 3.63) is 35.7 Å². The van der Waals surface area contributed by atoms with Crippen molar-refractivity contribution >= 4 is 35.0 Å². The summed E-state index contributed by atoms with van der Waals surface area (Å²) in [5.74, 6) is -1.79. The van der Waals surface area contributed by atoms with Crippen molar-refractivity contribution in [2.45, 2.75) is 32.8 Å². The van der Waals surface area contributed by atoms with Gasteiger partial charge in [-0.3, -0.25) is 9.59 Å². The topological polar surface area (TPSA) is 162 Å². The van der Waals surface area contributed by atoms with Gasteiger partial charge in [0.1, 0.15) is 5.69 Å². The first-order valence-corrected chi connectivity index (χ1v) is 11.4. The molecule has 2 heterocycles. The van der Waals surface area contributed by atoms with E-state index in [1.165, 1.54) is 36.3 Å². The summed E-state index contributed by atoms with van der Waals surface area (Å²) in [4.78, 5) is 39.4. The molecule has 0 bridgehead atoms. The Labute approximate surface area is 217 Å². The summed E-state index contributed by atoms with van der Waals surface area (Å²) in [5, 5.41) is 23.7. The number of hydrogen-bond acceptors (Lipinski definition) is 10. The monoisotopic (exact) mass is 511 g/mol. The summed E-state index contributed by atoms with van der Waals surface area (Å²) in [6.07, 6.45) is 2.59. The Morgan fingerprint density at radius 2 is 1.95 bits per heavy atom. The van der Waals surface area contributed by atoms with Crippen LogP contribution in [-0.2, 0) is 16.6 Å². The molecule has 0 spiro atoms. The minimum atomic E-state index is -2.80. The molecule has 0 unspecified atom stereocenters. The van der Waals surface area contributed by atoms with E-state index in [2.05, 4.69) is 31.0 Å². The minimum absolute atomic E-state index is 0.0133. The van der Waals surface area contributed by atoms with E-state index < -0.39 is 25.0 Å². The number of esters is 1. The molecule has 0 atom stereocenters. The lowest BCUT2D eigenvalue weighted by Gasteiger charge is -2.18. The number of hydrogen-bond donors (Lipinski definition) is 3. The minimum Gasteiger partial charge on any atom is -0.494 e. The van der Waals surface area contributed by atoms with Crippen LogP contribution in [0.5, 0.6) is 5.75 Å². The van der Waals surface area contributed by atoms with Crippen LogP contribution in [0, 0.1) is 5.92 Å². The second kappa shape index (κ2) is 10.6. The molecule has 3 N–H and O–H groups in total. The molecule has 13 nitrogen and oxygen atoms in total. The van der Waals surface area contributed by atoms with E-state index in [0.717, 1.165) is 12.8 Å². The van der Waals surface area contributed by atoms with Gasteiger partial charge in [0.2, 0.25) is 5.91 Å². The molecule has 37 heavy (non-hydrogen) atoms. The molecule has 1 saturated carbocycles. The lowest BCUT2D eigenvalue weighted by atomic mass is 10.0. The number of nitrogens with zero attached hydrogens (tertiary/aromatic N) is 5. The van der Waals surface area contributed by atoms with Gasteiger partial charge >= 0.3 is 5.97 Å². The zero-order valence-electron chi connectivity index (χ0n) is 23.7. The standard InChI is InChI=1S/C24H28N8O5/c1-12(2)37-24(35)14-8-15(18-11-26-32(4)31-18)21(36-5)17(9-14)27-16-10-19(28-22(33)13-6-7-13)29-30-20(16)23(34)25-3/h8-13H,6-7H2,1-5H3,(H,25,34)(H2,27,28,29,33)/i3D3.